The first-order chi connectivity index (χ1) is 13.6. The average Bonchev–Trinajstić information content (AvgIpc) is 3.14. The van der Waals surface area contributed by atoms with E-state index in [1.165, 1.54) is 0 Å². The van der Waals surface area contributed by atoms with Crippen molar-refractivity contribution >= 4 is 34.6 Å². The zero-order valence-corrected chi connectivity index (χ0v) is 17.6. The topological polar surface area (TPSA) is 63.5 Å². The van der Waals surface area contributed by atoms with E-state index >= 15 is 0 Å². The minimum Gasteiger partial charge on any atom is -0.487 e. The molecule has 0 saturated carbocycles. The number of halogens is 1. The molecule has 0 atom stereocenters. The Bertz CT molecular complexity index is 974. The number of ether oxygens (including phenoxy) is 1. The maximum absolute atomic E-state index is 12.9. The molecule has 28 heavy (non-hydrogen) atoms. The van der Waals surface area contributed by atoms with Crippen LogP contribution in [-0.4, -0.2) is 39.2 Å². The van der Waals surface area contributed by atoms with E-state index < -0.39 is 0 Å². The van der Waals surface area contributed by atoms with Gasteiger partial charge in [-0.15, -0.1) is 0 Å². The van der Waals surface area contributed by atoms with Gasteiger partial charge in [-0.25, -0.2) is 4.98 Å². The molecule has 8 heteroatoms. The lowest BCUT2D eigenvalue weighted by Gasteiger charge is -2.27. The Morgan fingerprint density at radius 2 is 1.93 bits per heavy atom. The molecule has 3 aromatic rings. The SMILES string of the molecule is CN(I)c1cccc(CN2CCn3nc(COc4ccccc4)cc3C2=O)n1. The minimum atomic E-state index is -0.0280. The summed E-state index contributed by atoms with van der Waals surface area (Å²) in [5, 5.41) is 4.52. The Kier molecular flexibility index (Phi) is 5.47. The van der Waals surface area contributed by atoms with Crippen LogP contribution in [0, 0.1) is 0 Å². The molecule has 2 aromatic heterocycles. The molecule has 0 N–H and O–H groups in total. The van der Waals surface area contributed by atoms with E-state index in [1.54, 1.807) is 4.68 Å². The molecule has 7 nitrogen and oxygen atoms in total. The number of fused-ring (bicyclic) bond motifs is 1. The smallest absolute Gasteiger partial charge is 0.272 e. The standard InChI is InChI=1S/C20H20IN5O2/c1-24(21)19-9-5-6-15(22-19)13-25-10-11-26-18(20(25)27)12-16(23-26)14-28-17-7-3-2-4-8-17/h2-9,12H,10-11,13-14H2,1H3. The van der Waals surface area contributed by atoms with Gasteiger partial charge in [0.2, 0.25) is 0 Å². The molecule has 1 aliphatic rings. The molecule has 1 amide bonds. The molecule has 0 saturated heterocycles. The fourth-order valence-electron chi connectivity index (χ4n) is 3.11. The zero-order valence-electron chi connectivity index (χ0n) is 15.5. The van der Waals surface area contributed by atoms with Gasteiger partial charge >= 0.3 is 0 Å². The molecule has 4 rings (SSSR count). The van der Waals surface area contributed by atoms with E-state index in [4.69, 9.17) is 4.74 Å². The summed E-state index contributed by atoms with van der Waals surface area (Å²) in [6, 6.07) is 17.3. The number of rotatable bonds is 6. The Morgan fingerprint density at radius 1 is 1.11 bits per heavy atom. The highest BCUT2D eigenvalue weighted by atomic mass is 127. The number of carbonyl (C=O) groups is 1. The van der Waals surface area contributed by atoms with Crippen LogP contribution >= 0.6 is 22.9 Å². The number of aromatic nitrogens is 3. The highest BCUT2D eigenvalue weighted by molar-refractivity contribution is 14.1. The van der Waals surface area contributed by atoms with Gasteiger partial charge in [0.1, 0.15) is 29.6 Å². The third-order valence-electron chi connectivity index (χ3n) is 4.51. The summed E-state index contributed by atoms with van der Waals surface area (Å²) in [4.78, 5) is 19.3. The van der Waals surface area contributed by atoms with Crippen molar-refractivity contribution in [3.05, 3.63) is 71.7 Å². The van der Waals surface area contributed by atoms with Gasteiger partial charge in [0, 0.05) is 13.6 Å². The summed E-state index contributed by atoms with van der Waals surface area (Å²) in [5.41, 5.74) is 2.22. The lowest BCUT2D eigenvalue weighted by molar-refractivity contribution is 0.0681. The molecule has 0 spiro atoms. The quantitative estimate of drug-likeness (QED) is 0.393. The normalized spacial score (nSPS) is 13.4. The predicted molar refractivity (Wildman–Crippen MR) is 114 cm³/mol. The summed E-state index contributed by atoms with van der Waals surface area (Å²) >= 11 is 2.18. The van der Waals surface area contributed by atoms with Crippen LogP contribution in [0.2, 0.25) is 0 Å². The van der Waals surface area contributed by atoms with Gasteiger partial charge < -0.3 is 12.8 Å². The monoisotopic (exact) mass is 489 g/mol. The van der Waals surface area contributed by atoms with Crippen molar-refractivity contribution in [3.63, 3.8) is 0 Å². The van der Waals surface area contributed by atoms with Gasteiger partial charge in [0.25, 0.3) is 5.91 Å². The summed E-state index contributed by atoms with van der Waals surface area (Å²) in [6.07, 6.45) is 0. The number of pyridine rings is 1. The first kappa shape index (κ1) is 18.7. The second kappa shape index (κ2) is 8.17. The van der Waals surface area contributed by atoms with Crippen LogP contribution in [0.3, 0.4) is 0 Å². The van der Waals surface area contributed by atoms with Crippen molar-refractivity contribution in [1.82, 2.24) is 19.7 Å². The van der Waals surface area contributed by atoms with Gasteiger partial charge in [-0.2, -0.15) is 5.10 Å². The van der Waals surface area contributed by atoms with Crippen molar-refractivity contribution in [1.29, 1.82) is 0 Å². The van der Waals surface area contributed by atoms with Gasteiger partial charge in [-0.3, -0.25) is 9.48 Å². The highest BCUT2D eigenvalue weighted by Gasteiger charge is 2.27. The predicted octanol–water partition coefficient (Wildman–Crippen LogP) is 3.30. The van der Waals surface area contributed by atoms with Gasteiger partial charge in [-0.05, 0) is 30.3 Å². The number of hydrogen-bond donors (Lipinski definition) is 0. The van der Waals surface area contributed by atoms with E-state index in [-0.39, 0.29) is 5.91 Å². The number of carbonyl (C=O) groups excluding carboxylic acids is 1. The third-order valence-corrected chi connectivity index (χ3v) is 5.00. The minimum absolute atomic E-state index is 0.0280. The molecule has 144 valence electrons. The Hall–Kier alpha value is -2.62. The van der Waals surface area contributed by atoms with Gasteiger partial charge in [-0.1, -0.05) is 24.3 Å². The number of anilines is 1. The molecule has 1 aromatic carbocycles. The molecule has 0 radical (unpaired) electrons. The fourth-order valence-corrected chi connectivity index (χ4v) is 3.38. The molecular weight excluding hydrogens is 469 g/mol. The van der Waals surface area contributed by atoms with E-state index in [1.807, 2.05) is 69.7 Å². The summed E-state index contributed by atoms with van der Waals surface area (Å²) in [5.74, 6) is 1.63. The largest absolute Gasteiger partial charge is 0.487 e. The molecule has 0 fully saturated rings. The molecule has 1 aliphatic heterocycles. The Labute approximate surface area is 177 Å². The van der Waals surface area contributed by atoms with Crippen molar-refractivity contribution in [2.45, 2.75) is 19.7 Å². The zero-order chi connectivity index (χ0) is 19.5. The molecule has 0 unspecified atom stereocenters. The van der Waals surface area contributed by atoms with Crippen molar-refractivity contribution in [2.24, 2.45) is 0 Å². The van der Waals surface area contributed by atoms with Crippen LogP contribution in [0.15, 0.2) is 54.6 Å². The van der Waals surface area contributed by atoms with E-state index in [9.17, 15) is 4.79 Å². The summed E-state index contributed by atoms with van der Waals surface area (Å²) in [6.45, 7) is 2.10. The average molecular weight is 489 g/mol. The van der Waals surface area contributed by atoms with Gasteiger partial charge in [0.15, 0.2) is 0 Å². The molecular formula is C20H20IN5O2. The van der Waals surface area contributed by atoms with Crippen LogP contribution in [0.5, 0.6) is 5.75 Å². The lowest BCUT2D eigenvalue weighted by atomic mass is 10.2. The fraction of sp³-hybridized carbons (Fsp3) is 0.250. The van der Waals surface area contributed by atoms with Crippen LogP contribution < -0.4 is 7.85 Å². The van der Waals surface area contributed by atoms with Crippen LogP contribution in [0.25, 0.3) is 0 Å². The Morgan fingerprint density at radius 3 is 2.71 bits per heavy atom. The first-order valence-electron chi connectivity index (χ1n) is 8.99. The Balaban J connectivity index is 1.45. The van der Waals surface area contributed by atoms with E-state index in [0.717, 1.165) is 23.0 Å². The number of para-hydroxylation sites is 1. The van der Waals surface area contributed by atoms with Gasteiger partial charge in [0.05, 0.1) is 41.6 Å². The van der Waals surface area contributed by atoms with E-state index in [0.29, 0.717) is 31.9 Å². The van der Waals surface area contributed by atoms with Crippen molar-refractivity contribution in [3.8, 4) is 5.75 Å². The third kappa shape index (κ3) is 4.11. The van der Waals surface area contributed by atoms with Crippen molar-refractivity contribution in [2.75, 3.05) is 16.7 Å². The highest BCUT2D eigenvalue weighted by Crippen LogP contribution is 2.19. The lowest BCUT2D eigenvalue weighted by Crippen LogP contribution is -2.40. The molecule has 0 bridgehead atoms. The number of benzene rings is 1. The summed E-state index contributed by atoms with van der Waals surface area (Å²) < 4.78 is 9.44. The number of hydrogen-bond acceptors (Lipinski definition) is 5. The second-order valence-electron chi connectivity index (χ2n) is 6.54. The summed E-state index contributed by atoms with van der Waals surface area (Å²) in [7, 11) is 1.94. The van der Waals surface area contributed by atoms with Crippen LogP contribution in [0.4, 0.5) is 5.82 Å². The molecule has 3 heterocycles. The first-order valence-corrected chi connectivity index (χ1v) is 9.96. The maximum atomic E-state index is 12.9. The maximum Gasteiger partial charge on any atom is 0.272 e. The molecule has 0 aliphatic carbocycles. The van der Waals surface area contributed by atoms with E-state index in [2.05, 4.69) is 32.9 Å². The second-order valence-corrected chi connectivity index (χ2v) is 7.98. The van der Waals surface area contributed by atoms with Crippen LogP contribution in [0.1, 0.15) is 21.9 Å². The van der Waals surface area contributed by atoms with Crippen LogP contribution in [-0.2, 0) is 19.7 Å². The number of nitrogens with zero attached hydrogens (tertiary/aromatic N) is 5. The number of amides is 1. The van der Waals surface area contributed by atoms with Crippen molar-refractivity contribution < 1.29 is 9.53 Å².